The first-order valence-electron chi connectivity index (χ1n) is 11.1. The molecule has 0 aromatic heterocycles. The van der Waals surface area contributed by atoms with Crippen molar-refractivity contribution in [2.24, 2.45) is 5.92 Å². The van der Waals surface area contributed by atoms with Gasteiger partial charge in [0.25, 0.3) is 0 Å². The number of hydrogen-bond donors (Lipinski definition) is 0. The normalized spacial score (nSPS) is 11.8. The van der Waals surface area contributed by atoms with Crippen molar-refractivity contribution in [3.63, 3.8) is 0 Å². The summed E-state index contributed by atoms with van der Waals surface area (Å²) in [5.74, 6) is 0.487. The van der Waals surface area contributed by atoms with Crippen molar-refractivity contribution >= 4 is 5.97 Å². The summed E-state index contributed by atoms with van der Waals surface area (Å²) in [6.07, 6.45) is 17.0. The van der Waals surface area contributed by atoms with E-state index in [0.29, 0.717) is 6.42 Å². The Hall–Kier alpha value is 0.113. The van der Waals surface area contributed by atoms with Gasteiger partial charge in [0.2, 0.25) is 0 Å². The molecule has 0 heterocycles. The summed E-state index contributed by atoms with van der Waals surface area (Å²) < 4.78 is 21.8. The van der Waals surface area contributed by atoms with Gasteiger partial charge in [0.15, 0.2) is 0 Å². The Labute approximate surface area is 177 Å². The van der Waals surface area contributed by atoms with E-state index in [1.54, 1.807) is 0 Å². The minimum absolute atomic E-state index is 0.358. The molecular weight excluding hydrogens is 419 g/mol. The predicted octanol–water partition coefficient (Wildman–Crippen LogP) is 7.26. The van der Waals surface area contributed by atoms with Crippen LogP contribution in [0.2, 0.25) is 0 Å². The van der Waals surface area contributed by atoms with Crippen molar-refractivity contribution in [2.45, 2.75) is 130 Å². The molecule has 160 valence electrons. The maximum atomic E-state index is 11.6. The zero-order valence-corrected chi connectivity index (χ0v) is 21.1. The van der Waals surface area contributed by atoms with Crippen LogP contribution < -0.4 is 0 Å². The van der Waals surface area contributed by atoms with E-state index in [-0.39, 0.29) is 5.97 Å². The molecule has 0 aliphatic rings. The zero-order chi connectivity index (χ0) is 20.5. The van der Waals surface area contributed by atoms with Crippen LogP contribution in [0.5, 0.6) is 0 Å². The summed E-state index contributed by atoms with van der Waals surface area (Å²) in [5, 5.41) is 0. The van der Waals surface area contributed by atoms with Gasteiger partial charge < -0.3 is 0 Å². The molecule has 0 saturated heterocycles. The van der Waals surface area contributed by atoms with E-state index in [9.17, 15) is 7.61 Å². The van der Waals surface area contributed by atoms with Crippen LogP contribution in [-0.2, 0) is 35.9 Å². The van der Waals surface area contributed by atoms with Crippen molar-refractivity contribution in [2.75, 3.05) is 0 Å². The predicted molar refractivity (Wildman–Crippen MR) is 107 cm³/mol. The Morgan fingerprint density at radius 1 is 0.778 bits per heavy atom. The molecular formula is C22H44O4Zr. The van der Waals surface area contributed by atoms with E-state index in [4.69, 9.17) is 5.63 Å². The summed E-state index contributed by atoms with van der Waals surface area (Å²) in [7, 11) is 0. The topological polar surface area (TPSA) is 52.6 Å². The van der Waals surface area contributed by atoms with Gasteiger partial charge >= 0.3 is 132 Å². The van der Waals surface area contributed by atoms with Crippen LogP contribution >= 0.6 is 0 Å². The van der Waals surface area contributed by atoms with Gasteiger partial charge in [-0.2, -0.15) is 0 Å². The Morgan fingerprint density at radius 2 is 1.19 bits per heavy atom. The first kappa shape index (κ1) is 27.1. The van der Waals surface area contributed by atoms with Gasteiger partial charge in [0.05, 0.1) is 0 Å². The summed E-state index contributed by atoms with van der Waals surface area (Å²) >= 11 is -3.65. The van der Waals surface area contributed by atoms with Crippen molar-refractivity contribution in [3.8, 4) is 0 Å². The van der Waals surface area contributed by atoms with Crippen LogP contribution in [0, 0.1) is 5.92 Å². The maximum absolute atomic E-state index is 11.6. The van der Waals surface area contributed by atoms with Gasteiger partial charge in [-0.1, -0.05) is 39.5 Å². The Kier molecular flexibility index (Phi) is 17.1. The van der Waals surface area contributed by atoms with Gasteiger partial charge in [0, 0.05) is 0 Å². The molecule has 0 unspecified atom stereocenters. The molecule has 0 aromatic carbocycles. The van der Waals surface area contributed by atoms with Crippen molar-refractivity contribution in [1.82, 2.24) is 0 Å². The standard InChI is InChI=1S/C18H36O2.C4H9O.O.Zr/c1-17(2)15-13-11-9-7-5-3-4-6-8-10-12-14-16-18(19)20;1-4(2,3)5;;/h17H,3-16H2,1-2H3,(H,19,20);1-3H3;;/q;-1;;+2/p-1. The second-order valence-electron chi connectivity index (χ2n) is 9.11. The second kappa shape index (κ2) is 17.0. The quantitative estimate of drug-likeness (QED) is 0.213. The fourth-order valence-corrected chi connectivity index (χ4v) is 5.04. The van der Waals surface area contributed by atoms with Crippen LogP contribution in [0.3, 0.4) is 0 Å². The first-order valence-corrected chi connectivity index (χ1v) is 14.2. The molecule has 0 saturated carbocycles. The van der Waals surface area contributed by atoms with Crippen LogP contribution in [0.25, 0.3) is 0 Å². The number of carbonyl (C=O) groups is 1. The molecule has 0 spiro atoms. The second-order valence-corrected chi connectivity index (χ2v) is 11.3. The molecule has 27 heavy (non-hydrogen) atoms. The van der Waals surface area contributed by atoms with Gasteiger partial charge in [-0.3, -0.25) is 0 Å². The minimum atomic E-state index is -3.65. The monoisotopic (exact) mass is 462 g/mol. The summed E-state index contributed by atoms with van der Waals surface area (Å²) in [5.41, 5.74) is -0.509. The van der Waals surface area contributed by atoms with E-state index < -0.39 is 28.2 Å². The molecule has 0 aromatic rings. The Morgan fingerprint density at radius 3 is 1.59 bits per heavy atom. The average molecular weight is 464 g/mol. The summed E-state index contributed by atoms with van der Waals surface area (Å²) in [6.45, 7) is 10.0. The first-order chi connectivity index (χ1) is 12.7. The SMILES string of the molecule is CC(C)CCCCCCCCCCCCCCC(=O)[O][Zr](=[O])[O]C(C)(C)C. The third kappa shape index (κ3) is 22.3. The van der Waals surface area contributed by atoms with E-state index in [0.717, 1.165) is 18.8 Å². The van der Waals surface area contributed by atoms with Crippen LogP contribution in [0.15, 0.2) is 0 Å². The fraction of sp³-hybridized carbons (Fsp3) is 0.955. The average Bonchev–Trinajstić information content (AvgIpc) is 2.52. The molecule has 0 radical (unpaired) electrons. The van der Waals surface area contributed by atoms with E-state index in [2.05, 4.69) is 13.8 Å². The molecule has 5 heteroatoms. The van der Waals surface area contributed by atoms with Crippen molar-refractivity contribution < 1.29 is 35.9 Å². The van der Waals surface area contributed by atoms with E-state index >= 15 is 0 Å². The van der Waals surface area contributed by atoms with E-state index in [1.807, 2.05) is 20.8 Å². The van der Waals surface area contributed by atoms with Gasteiger partial charge in [-0.05, 0) is 5.92 Å². The number of rotatable bonds is 17. The van der Waals surface area contributed by atoms with Crippen molar-refractivity contribution in [3.05, 3.63) is 0 Å². The number of hydrogen-bond acceptors (Lipinski definition) is 4. The molecule has 0 bridgehead atoms. The summed E-state index contributed by atoms with van der Waals surface area (Å²) in [4.78, 5) is 11.6. The van der Waals surface area contributed by atoms with Crippen molar-refractivity contribution in [1.29, 1.82) is 0 Å². The van der Waals surface area contributed by atoms with Crippen LogP contribution in [0.1, 0.15) is 125 Å². The zero-order valence-electron chi connectivity index (χ0n) is 18.6. The third-order valence-corrected chi connectivity index (χ3v) is 7.38. The van der Waals surface area contributed by atoms with Crippen LogP contribution in [-0.4, -0.2) is 11.6 Å². The molecule has 0 N–H and O–H groups in total. The molecule has 0 aliphatic heterocycles. The van der Waals surface area contributed by atoms with Crippen LogP contribution in [0.4, 0.5) is 0 Å². The fourth-order valence-electron chi connectivity index (χ4n) is 3.00. The van der Waals surface area contributed by atoms with E-state index in [1.165, 1.54) is 70.6 Å². The molecule has 0 atom stereocenters. The molecule has 0 amide bonds. The molecule has 0 aliphatic carbocycles. The number of carbonyl (C=O) groups excluding carboxylic acids is 1. The van der Waals surface area contributed by atoms with Gasteiger partial charge in [0.1, 0.15) is 0 Å². The van der Waals surface area contributed by atoms with Gasteiger partial charge in [-0.25, -0.2) is 0 Å². The summed E-state index contributed by atoms with van der Waals surface area (Å²) in [6, 6.07) is 0. The third-order valence-electron chi connectivity index (χ3n) is 4.50. The Bertz CT molecular complexity index is 388. The molecule has 4 nitrogen and oxygen atoms in total. The Balaban J connectivity index is 3.31. The number of unbranched alkanes of at least 4 members (excludes halogenated alkanes) is 11. The van der Waals surface area contributed by atoms with Gasteiger partial charge in [-0.15, -0.1) is 0 Å². The molecule has 0 rings (SSSR count). The molecule has 0 fully saturated rings.